The topological polar surface area (TPSA) is 50.2 Å². The van der Waals surface area contributed by atoms with E-state index in [9.17, 15) is 9.18 Å². The van der Waals surface area contributed by atoms with E-state index in [0.29, 0.717) is 23.6 Å². The number of aromatic nitrogens is 2. The van der Waals surface area contributed by atoms with E-state index < -0.39 is 0 Å². The Morgan fingerprint density at radius 2 is 1.84 bits per heavy atom. The van der Waals surface area contributed by atoms with Gasteiger partial charge in [-0.05, 0) is 49.8 Å². The SMILES string of the molecule is CC(=O)N[C@@H](CCN1[C@@H]2CC[C@H]1CC(n1cnc3c(F)cccc31)C2)c1ccccc1. The van der Waals surface area contributed by atoms with Crippen LogP contribution in [0.15, 0.2) is 54.9 Å². The first-order chi connectivity index (χ1) is 15.1. The Bertz CT molecular complexity index is 1050. The summed E-state index contributed by atoms with van der Waals surface area (Å²) in [5, 5.41) is 3.13. The van der Waals surface area contributed by atoms with E-state index in [0.717, 1.165) is 36.9 Å². The molecule has 4 atom stereocenters. The second-order valence-electron chi connectivity index (χ2n) is 8.96. The van der Waals surface area contributed by atoms with Crippen molar-refractivity contribution in [3.63, 3.8) is 0 Å². The highest BCUT2D eigenvalue weighted by Crippen LogP contribution is 2.42. The third-order valence-electron chi connectivity index (χ3n) is 7.06. The zero-order valence-electron chi connectivity index (χ0n) is 17.9. The summed E-state index contributed by atoms with van der Waals surface area (Å²) < 4.78 is 16.3. The Morgan fingerprint density at radius 1 is 1.10 bits per heavy atom. The monoisotopic (exact) mass is 420 g/mol. The average Bonchev–Trinajstić information content (AvgIpc) is 3.30. The molecule has 2 aromatic carbocycles. The van der Waals surface area contributed by atoms with E-state index in [4.69, 9.17) is 0 Å². The minimum Gasteiger partial charge on any atom is -0.349 e. The molecule has 0 radical (unpaired) electrons. The molecule has 2 aliphatic heterocycles. The van der Waals surface area contributed by atoms with E-state index in [-0.39, 0.29) is 17.8 Å². The Balaban J connectivity index is 1.29. The standard InChI is InChI=1S/C25H29FN4O/c1-17(31)28-23(18-6-3-2-4-7-18)12-13-29-19-10-11-20(29)15-21(14-19)30-16-27-25-22(26)8-5-9-24(25)30/h2-9,16,19-21,23H,10-15H2,1H3,(H,28,31)/t19-,20+,21?,23-/m0/s1. The van der Waals surface area contributed by atoms with Crippen molar-refractivity contribution in [3.05, 3.63) is 66.2 Å². The van der Waals surface area contributed by atoms with Crippen LogP contribution in [-0.4, -0.2) is 39.0 Å². The molecule has 162 valence electrons. The molecule has 1 aromatic heterocycles. The number of piperidine rings is 1. The lowest BCUT2D eigenvalue weighted by Crippen LogP contribution is -2.44. The Labute approximate surface area is 182 Å². The molecule has 6 heteroatoms. The van der Waals surface area contributed by atoms with Crippen molar-refractivity contribution in [3.8, 4) is 0 Å². The number of nitrogens with one attached hydrogen (secondary N) is 1. The van der Waals surface area contributed by atoms with Crippen LogP contribution in [0.1, 0.15) is 56.7 Å². The van der Waals surface area contributed by atoms with Gasteiger partial charge in [-0.1, -0.05) is 36.4 Å². The second-order valence-corrected chi connectivity index (χ2v) is 8.96. The van der Waals surface area contributed by atoms with Crippen LogP contribution < -0.4 is 5.32 Å². The molecule has 0 spiro atoms. The zero-order chi connectivity index (χ0) is 21.4. The number of halogens is 1. The quantitative estimate of drug-likeness (QED) is 0.634. The first-order valence-electron chi connectivity index (χ1n) is 11.3. The van der Waals surface area contributed by atoms with Gasteiger partial charge in [-0.15, -0.1) is 0 Å². The summed E-state index contributed by atoms with van der Waals surface area (Å²) in [6.45, 7) is 2.56. The van der Waals surface area contributed by atoms with Crippen LogP contribution >= 0.6 is 0 Å². The maximum absolute atomic E-state index is 14.1. The van der Waals surface area contributed by atoms with Crippen molar-refractivity contribution in [1.82, 2.24) is 19.8 Å². The summed E-state index contributed by atoms with van der Waals surface area (Å²) in [6.07, 6.45) is 7.26. The van der Waals surface area contributed by atoms with Gasteiger partial charge in [0, 0.05) is 31.6 Å². The van der Waals surface area contributed by atoms with Crippen LogP contribution in [-0.2, 0) is 4.79 Å². The summed E-state index contributed by atoms with van der Waals surface area (Å²) in [5.74, 6) is -0.240. The first-order valence-corrected chi connectivity index (χ1v) is 11.3. The molecule has 2 bridgehead atoms. The molecule has 1 N–H and O–H groups in total. The van der Waals surface area contributed by atoms with Crippen molar-refractivity contribution in [2.45, 2.75) is 63.2 Å². The number of fused-ring (bicyclic) bond motifs is 3. The minimum atomic E-state index is -0.249. The molecule has 3 heterocycles. The number of hydrogen-bond donors (Lipinski definition) is 1. The van der Waals surface area contributed by atoms with Gasteiger partial charge < -0.3 is 9.88 Å². The Morgan fingerprint density at radius 3 is 2.55 bits per heavy atom. The minimum absolute atomic E-state index is 0.00903. The van der Waals surface area contributed by atoms with E-state index in [1.807, 2.05) is 30.6 Å². The van der Waals surface area contributed by atoms with Crippen molar-refractivity contribution in [2.24, 2.45) is 0 Å². The molecule has 2 saturated heterocycles. The van der Waals surface area contributed by atoms with Crippen molar-refractivity contribution < 1.29 is 9.18 Å². The second kappa shape index (κ2) is 8.42. The van der Waals surface area contributed by atoms with E-state index in [2.05, 4.69) is 31.9 Å². The molecule has 2 fully saturated rings. The number of carbonyl (C=O) groups excluding carboxylic acids is 1. The molecule has 1 amide bonds. The van der Waals surface area contributed by atoms with Crippen molar-refractivity contribution in [2.75, 3.05) is 6.54 Å². The Hall–Kier alpha value is -2.73. The lowest BCUT2D eigenvalue weighted by atomic mass is 9.95. The molecular weight excluding hydrogens is 391 g/mol. The number of imidazole rings is 1. The fourth-order valence-corrected chi connectivity index (χ4v) is 5.68. The van der Waals surface area contributed by atoms with Gasteiger partial charge in [0.05, 0.1) is 17.9 Å². The van der Waals surface area contributed by atoms with Gasteiger partial charge in [0.1, 0.15) is 5.52 Å². The first kappa shape index (κ1) is 20.2. The van der Waals surface area contributed by atoms with Crippen molar-refractivity contribution in [1.29, 1.82) is 0 Å². The maximum Gasteiger partial charge on any atom is 0.217 e. The third-order valence-corrected chi connectivity index (χ3v) is 7.06. The van der Waals surface area contributed by atoms with Crippen LogP contribution in [0.4, 0.5) is 4.39 Å². The van der Waals surface area contributed by atoms with Gasteiger partial charge in [-0.2, -0.15) is 0 Å². The maximum atomic E-state index is 14.1. The normalized spacial score (nSPS) is 24.4. The smallest absolute Gasteiger partial charge is 0.217 e. The Kier molecular flexibility index (Phi) is 5.48. The lowest BCUT2D eigenvalue weighted by Gasteiger charge is -2.40. The summed E-state index contributed by atoms with van der Waals surface area (Å²) in [5.41, 5.74) is 2.53. The molecule has 0 saturated carbocycles. The van der Waals surface area contributed by atoms with E-state index >= 15 is 0 Å². The molecule has 1 unspecified atom stereocenters. The van der Waals surface area contributed by atoms with Gasteiger partial charge in [0.2, 0.25) is 5.91 Å². The predicted octanol–water partition coefficient (Wildman–Crippen LogP) is 4.61. The zero-order valence-corrected chi connectivity index (χ0v) is 17.9. The van der Waals surface area contributed by atoms with Crippen molar-refractivity contribution >= 4 is 16.9 Å². The van der Waals surface area contributed by atoms with Gasteiger partial charge >= 0.3 is 0 Å². The summed E-state index contributed by atoms with van der Waals surface area (Å²) >= 11 is 0. The molecule has 5 rings (SSSR count). The summed E-state index contributed by atoms with van der Waals surface area (Å²) in [7, 11) is 0. The van der Waals surface area contributed by atoms with E-state index in [1.54, 1.807) is 13.0 Å². The largest absolute Gasteiger partial charge is 0.349 e. The lowest BCUT2D eigenvalue weighted by molar-refractivity contribution is -0.119. The highest BCUT2D eigenvalue weighted by Gasteiger charge is 2.41. The molecule has 2 aliphatic rings. The van der Waals surface area contributed by atoms with E-state index in [1.165, 1.54) is 18.9 Å². The fraction of sp³-hybridized carbons (Fsp3) is 0.440. The molecule has 3 aromatic rings. The molecular formula is C25H29FN4O. The number of para-hydroxylation sites is 1. The number of benzene rings is 2. The molecule has 5 nitrogen and oxygen atoms in total. The van der Waals surface area contributed by atoms with Crippen LogP contribution in [0.3, 0.4) is 0 Å². The number of rotatable bonds is 6. The predicted molar refractivity (Wildman–Crippen MR) is 119 cm³/mol. The summed E-state index contributed by atoms with van der Waals surface area (Å²) in [6, 6.07) is 16.9. The van der Waals surface area contributed by atoms with Crippen LogP contribution in [0, 0.1) is 5.82 Å². The number of amides is 1. The van der Waals surface area contributed by atoms with Crippen LogP contribution in [0.5, 0.6) is 0 Å². The molecule has 0 aliphatic carbocycles. The third kappa shape index (κ3) is 3.97. The van der Waals surface area contributed by atoms with Crippen LogP contribution in [0.2, 0.25) is 0 Å². The summed E-state index contributed by atoms with van der Waals surface area (Å²) in [4.78, 5) is 18.7. The number of nitrogens with zero attached hydrogens (tertiary/aromatic N) is 3. The van der Waals surface area contributed by atoms with Gasteiger partial charge in [-0.3, -0.25) is 9.69 Å². The van der Waals surface area contributed by atoms with Gasteiger partial charge in [0.15, 0.2) is 5.82 Å². The number of carbonyl (C=O) groups is 1. The van der Waals surface area contributed by atoms with Crippen LogP contribution in [0.25, 0.3) is 11.0 Å². The fourth-order valence-electron chi connectivity index (χ4n) is 5.68. The van der Waals surface area contributed by atoms with Gasteiger partial charge in [-0.25, -0.2) is 9.37 Å². The highest BCUT2D eigenvalue weighted by molar-refractivity contribution is 5.76. The highest BCUT2D eigenvalue weighted by atomic mass is 19.1. The molecule has 31 heavy (non-hydrogen) atoms. The van der Waals surface area contributed by atoms with Gasteiger partial charge in [0.25, 0.3) is 0 Å². The number of hydrogen-bond acceptors (Lipinski definition) is 3. The average molecular weight is 421 g/mol.